The summed E-state index contributed by atoms with van der Waals surface area (Å²) < 4.78 is 0. The predicted molar refractivity (Wildman–Crippen MR) is 89.2 cm³/mol. The van der Waals surface area contributed by atoms with Gasteiger partial charge in [-0.1, -0.05) is 66.2 Å². The molecule has 0 aliphatic heterocycles. The largest absolute Gasteiger partial charge is 0.103 e. The minimum Gasteiger partial charge on any atom is -0.103 e. The number of allylic oxidation sites excluding steroid dienone is 2. The summed E-state index contributed by atoms with van der Waals surface area (Å²) in [7, 11) is 0. The van der Waals surface area contributed by atoms with E-state index in [1.54, 1.807) is 0 Å². The van der Waals surface area contributed by atoms with E-state index in [0.29, 0.717) is 11.3 Å². The lowest BCUT2D eigenvalue weighted by Crippen LogP contribution is -2.46. The summed E-state index contributed by atoms with van der Waals surface area (Å²) in [6.07, 6.45) is 7.50. The van der Waals surface area contributed by atoms with Crippen LogP contribution in [0.2, 0.25) is 0 Å². The van der Waals surface area contributed by atoms with Gasteiger partial charge >= 0.3 is 0 Å². The number of hydrogen-bond donors (Lipinski definition) is 0. The van der Waals surface area contributed by atoms with Crippen molar-refractivity contribution >= 4 is 0 Å². The molecule has 0 aromatic heterocycles. The van der Waals surface area contributed by atoms with Crippen molar-refractivity contribution < 1.29 is 1.43 Å². The summed E-state index contributed by atoms with van der Waals surface area (Å²) in [5.41, 5.74) is 1.94. The molecular weight excluding hydrogens is 228 g/mol. The average molecular weight is 264 g/mol. The maximum Gasteiger partial charge on any atom is 0 e. The maximum absolute atomic E-state index is 4.39. The Labute approximate surface area is 122 Å². The van der Waals surface area contributed by atoms with Crippen molar-refractivity contribution in [1.82, 2.24) is 0 Å². The molecule has 2 aliphatic rings. The first-order chi connectivity index (χ1) is 8.50. The average Bonchev–Trinajstić information content (AvgIpc) is 2.58. The molecule has 2 aliphatic carbocycles. The fourth-order valence-corrected chi connectivity index (χ4v) is 5.24. The fraction of sp³-hybridized carbons (Fsp3) is 0.789. The van der Waals surface area contributed by atoms with Crippen molar-refractivity contribution in [1.29, 1.82) is 0 Å². The molecule has 0 heteroatoms. The summed E-state index contributed by atoms with van der Waals surface area (Å²) in [6.45, 7) is 18.2. The molecular formula is C19H36. The van der Waals surface area contributed by atoms with E-state index in [1.165, 1.54) is 31.3 Å². The van der Waals surface area contributed by atoms with Gasteiger partial charge < -0.3 is 0 Å². The predicted octanol–water partition coefficient (Wildman–Crippen LogP) is 6.35. The molecule has 19 heavy (non-hydrogen) atoms. The molecule has 2 saturated carbocycles. The second-order valence-electron chi connectivity index (χ2n) is 6.92. The molecule has 0 aromatic rings. The summed E-state index contributed by atoms with van der Waals surface area (Å²) in [4.78, 5) is 0. The SMILES string of the molecule is C.C=CC1C(CC)C(CC)CC2C(=C)CC(C)C21C.[HH]. The maximum atomic E-state index is 4.39. The van der Waals surface area contributed by atoms with Crippen LogP contribution in [0.3, 0.4) is 0 Å². The summed E-state index contributed by atoms with van der Waals surface area (Å²) in [5, 5.41) is 0. The van der Waals surface area contributed by atoms with E-state index < -0.39 is 0 Å². The Morgan fingerprint density at radius 3 is 2.47 bits per heavy atom. The van der Waals surface area contributed by atoms with Crippen molar-refractivity contribution in [3.8, 4) is 0 Å². The zero-order chi connectivity index (χ0) is 13.5. The lowest BCUT2D eigenvalue weighted by molar-refractivity contribution is -0.0142. The highest BCUT2D eigenvalue weighted by Crippen LogP contribution is 2.63. The molecule has 0 radical (unpaired) electrons. The molecule has 0 saturated heterocycles. The van der Waals surface area contributed by atoms with Crippen molar-refractivity contribution in [3.05, 3.63) is 24.8 Å². The third-order valence-electron chi connectivity index (χ3n) is 6.45. The van der Waals surface area contributed by atoms with Gasteiger partial charge in [0.15, 0.2) is 0 Å². The summed E-state index contributed by atoms with van der Waals surface area (Å²) in [6, 6.07) is 0. The number of rotatable bonds is 3. The van der Waals surface area contributed by atoms with Gasteiger partial charge in [-0.3, -0.25) is 0 Å². The van der Waals surface area contributed by atoms with E-state index in [1.807, 2.05) is 0 Å². The van der Waals surface area contributed by atoms with E-state index in [-0.39, 0.29) is 8.85 Å². The molecule has 112 valence electrons. The molecule has 0 aromatic carbocycles. The normalized spacial score (nSPS) is 45.5. The molecule has 2 fully saturated rings. The minimum atomic E-state index is 0. The zero-order valence-corrected chi connectivity index (χ0v) is 12.7. The first-order valence-electron chi connectivity index (χ1n) is 7.80. The molecule has 0 heterocycles. The number of fused-ring (bicyclic) bond motifs is 1. The Morgan fingerprint density at radius 2 is 2.00 bits per heavy atom. The highest BCUT2D eigenvalue weighted by atomic mass is 14.6. The van der Waals surface area contributed by atoms with E-state index in [0.717, 1.165) is 23.7 Å². The van der Waals surface area contributed by atoms with Crippen LogP contribution in [0.1, 0.15) is 62.2 Å². The van der Waals surface area contributed by atoms with Crippen molar-refractivity contribution in [2.45, 2.75) is 60.8 Å². The standard InChI is InChI=1S/C18H30.CH4.H2/c1-7-14-11-17-12(4)10-13(5)18(17,6)16(9-3)15(14)8-2;;/h9,13-17H,3-4,7-8,10-11H2,1-2,5-6H3;1H4;1H. The summed E-state index contributed by atoms with van der Waals surface area (Å²) in [5.74, 6) is 3.90. The Kier molecular flexibility index (Phi) is 5.09. The van der Waals surface area contributed by atoms with Crippen LogP contribution in [0.15, 0.2) is 24.8 Å². The van der Waals surface area contributed by atoms with Gasteiger partial charge in [0.1, 0.15) is 0 Å². The Morgan fingerprint density at radius 1 is 1.37 bits per heavy atom. The molecule has 6 unspecified atom stereocenters. The van der Waals surface area contributed by atoms with Gasteiger partial charge in [-0.2, -0.15) is 0 Å². The van der Waals surface area contributed by atoms with E-state index in [9.17, 15) is 0 Å². The van der Waals surface area contributed by atoms with Crippen LogP contribution in [0.5, 0.6) is 0 Å². The van der Waals surface area contributed by atoms with E-state index in [4.69, 9.17) is 0 Å². The van der Waals surface area contributed by atoms with Crippen LogP contribution < -0.4 is 0 Å². The van der Waals surface area contributed by atoms with Crippen molar-refractivity contribution in [2.24, 2.45) is 35.0 Å². The smallest absolute Gasteiger partial charge is 0 e. The molecule has 0 spiro atoms. The van der Waals surface area contributed by atoms with Crippen molar-refractivity contribution in [3.63, 3.8) is 0 Å². The van der Waals surface area contributed by atoms with Gasteiger partial charge in [-0.25, -0.2) is 0 Å². The van der Waals surface area contributed by atoms with Gasteiger partial charge in [-0.15, -0.1) is 6.58 Å². The third-order valence-corrected chi connectivity index (χ3v) is 6.45. The lowest BCUT2D eigenvalue weighted by atomic mass is 9.52. The topological polar surface area (TPSA) is 0 Å². The fourth-order valence-electron chi connectivity index (χ4n) is 5.24. The molecule has 6 atom stereocenters. The highest BCUT2D eigenvalue weighted by molar-refractivity contribution is 5.22. The van der Waals surface area contributed by atoms with Crippen LogP contribution in [0.25, 0.3) is 0 Å². The first-order valence-corrected chi connectivity index (χ1v) is 7.80. The zero-order valence-electron chi connectivity index (χ0n) is 12.7. The van der Waals surface area contributed by atoms with Gasteiger partial charge in [0.05, 0.1) is 0 Å². The van der Waals surface area contributed by atoms with Crippen LogP contribution in [-0.4, -0.2) is 0 Å². The monoisotopic (exact) mass is 264 g/mol. The first kappa shape index (κ1) is 16.5. The second-order valence-corrected chi connectivity index (χ2v) is 6.92. The van der Waals surface area contributed by atoms with Gasteiger partial charge in [0, 0.05) is 1.43 Å². The van der Waals surface area contributed by atoms with Gasteiger partial charge in [0.2, 0.25) is 0 Å². The van der Waals surface area contributed by atoms with Crippen LogP contribution >= 0.6 is 0 Å². The van der Waals surface area contributed by atoms with Crippen molar-refractivity contribution in [2.75, 3.05) is 0 Å². The minimum absolute atomic E-state index is 0. The quantitative estimate of drug-likeness (QED) is 0.521. The van der Waals surface area contributed by atoms with E-state index >= 15 is 0 Å². The molecule has 0 N–H and O–H groups in total. The van der Waals surface area contributed by atoms with Gasteiger partial charge in [0.25, 0.3) is 0 Å². The van der Waals surface area contributed by atoms with Crippen LogP contribution in [0, 0.1) is 35.0 Å². The Bertz CT molecular complexity index is 346. The van der Waals surface area contributed by atoms with E-state index in [2.05, 4.69) is 46.9 Å². The van der Waals surface area contributed by atoms with Crippen LogP contribution in [0.4, 0.5) is 0 Å². The Hall–Kier alpha value is -0.520. The molecule has 0 amide bonds. The molecule has 0 nitrogen and oxygen atoms in total. The molecule has 2 rings (SSSR count). The Balaban J connectivity index is 0.00000180. The molecule has 0 bridgehead atoms. The summed E-state index contributed by atoms with van der Waals surface area (Å²) >= 11 is 0. The lowest BCUT2D eigenvalue weighted by Gasteiger charge is -2.52. The number of hydrogen-bond acceptors (Lipinski definition) is 0. The second kappa shape index (κ2) is 5.85. The van der Waals surface area contributed by atoms with Gasteiger partial charge in [-0.05, 0) is 47.8 Å². The highest BCUT2D eigenvalue weighted by Gasteiger charge is 2.56. The van der Waals surface area contributed by atoms with Crippen LogP contribution in [-0.2, 0) is 0 Å². The third kappa shape index (κ3) is 2.22.